The molecule has 3 atom stereocenters. The summed E-state index contributed by atoms with van der Waals surface area (Å²) in [4.78, 5) is 0. The van der Waals surface area contributed by atoms with Crippen molar-refractivity contribution in [1.82, 2.24) is 5.32 Å². The molecule has 0 spiro atoms. The predicted octanol–water partition coefficient (Wildman–Crippen LogP) is 1.54. The summed E-state index contributed by atoms with van der Waals surface area (Å²) in [5, 5.41) is 3.62. The maximum absolute atomic E-state index is 3.62. The Kier molecular flexibility index (Phi) is 1.26. The lowest BCUT2D eigenvalue weighted by atomic mass is 9.95. The molecule has 2 aliphatic rings. The number of fused-ring (bicyclic) bond motifs is 2. The van der Waals surface area contributed by atoms with Gasteiger partial charge in [0, 0.05) is 12.1 Å². The van der Waals surface area contributed by atoms with Crippen LogP contribution in [0.2, 0.25) is 0 Å². The fourth-order valence-corrected chi connectivity index (χ4v) is 2.34. The Hall–Kier alpha value is -0.0400. The van der Waals surface area contributed by atoms with E-state index in [9.17, 15) is 0 Å². The molecule has 2 heterocycles. The third-order valence-electron chi connectivity index (χ3n) is 2.71. The highest BCUT2D eigenvalue weighted by Gasteiger charge is 2.30. The fourth-order valence-electron chi connectivity index (χ4n) is 2.34. The molecule has 52 valence electrons. The summed E-state index contributed by atoms with van der Waals surface area (Å²) in [6, 6.07) is 1.78. The Bertz CT molecular complexity index is 99.1. The van der Waals surface area contributed by atoms with E-state index in [1.165, 1.54) is 25.7 Å². The first kappa shape index (κ1) is 5.72. The summed E-state index contributed by atoms with van der Waals surface area (Å²) in [7, 11) is 0. The van der Waals surface area contributed by atoms with Gasteiger partial charge in [0.05, 0.1) is 0 Å². The summed E-state index contributed by atoms with van der Waals surface area (Å²) >= 11 is 0. The smallest absolute Gasteiger partial charge is 0.00727 e. The van der Waals surface area contributed by atoms with Crippen LogP contribution in [0.25, 0.3) is 0 Å². The second-order valence-electron chi connectivity index (χ2n) is 3.71. The lowest BCUT2D eigenvalue weighted by Crippen LogP contribution is -2.37. The monoisotopic (exact) mass is 125 g/mol. The van der Waals surface area contributed by atoms with E-state index >= 15 is 0 Å². The zero-order valence-corrected chi connectivity index (χ0v) is 6.06. The molecule has 2 rings (SSSR count). The summed E-state index contributed by atoms with van der Waals surface area (Å²) < 4.78 is 0. The molecule has 9 heavy (non-hydrogen) atoms. The molecule has 2 saturated heterocycles. The van der Waals surface area contributed by atoms with Gasteiger partial charge < -0.3 is 5.32 Å². The molecule has 0 saturated carbocycles. The lowest BCUT2D eigenvalue weighted by molar-refractivity contribution is 0.319. The van der Waals surface area contributed by atoms with Crippen LogP contribution in [0.3, 0.4) is 0 Å². The molecule has 1 nitrogen and oxygen atoms in total. The highest BCUT2D eigenvalue weighted by molar-refractivity contribution is 4.90. The molecule has 2 fully saturated rings. The zero-order valence-electron chi connectivity index (χ0n) is 6.06. The van der Waals surface area contributed by atoms with E-state index in [0.29, 0.717) is 0 Å². The van der Waals surface area contributed by atoms with Crippen molar-refractivity contribution in [1.29, 1.82) is 0 Å². The van der Waals surface area contributed by atoms with Gasteiger partial charge in [-0.05, 0) is 31.6 Å². The van der Waals surface area contributed by atoms with Gasteiger partial charge in [0.15, 0.2) is 0 Å². The van der Waals surface area contributed by atoms with E-state index in [4.69, 9.17) is 0 Å². The average Bonchev–Trinajstić information content (AvgIpc) is 2.11. The van der Waals surface area contributed by atoms with Crippen LogP contribution in [0.5, 0.6) is 0 Å². The quantitative estimate of drug-likeness (QED) is 0.518. The van der Waals surface area contributed by atoms with E-state index in [-0.39, 0.29) is 0 Å². The molecule has 1 N–H and O–H groups in total. The first-order valence-corrected chi connectivity index (χ1v) is 4.10. The van der Waals surface area contributed by atoms with Crippen molar-refractivity contribution >= 4 is 0 Å². The number of rotatable bonds is 0. The van der Waals surface area contributed by atoms with Gasteiger partial charge >= 0.3 is 0 Å². The van der Waals surface area contributed by atoms with E-state index in [1.54, 1.807) is 0 Å². The largest absolute Gasteiger partial charge is 0.311 e. The van der Waals surface area contributed by atoms with Gasteiger partial charge in [-0.1, -0.05) is 6.92 Å². The number of hydrogen-bond donors (Lipinski definition) is 1. The SMILES string of the molecule is C[C@H]1CC2CC[C@H](C1)N2. The third kappa shape index (κ3) is 0.983. The van der Waals surface area contributed by atoms with Crippen LogP contribution in [0.4, 0.5) is 0 Å². The first-order valence-electron chi connectivity index (χ1n) is 4.10. The molecule has 2 aliphatic heterocycles. The van der Waals surface area contributed by atoms with Gasteiger partial charge in [-0.25, -0.2) is 0 Å². The van der Waals surface area contributed by atoms with Crippen LogP contribution >= 0.6 is 0 Å². The van der Waals surface area contributed by atoms with Crippen LogP contribution in [0, 0.1) is 5.92 Å². The van der Waals surface area contributed by atoms with Crippen LogP contribution in [-0.2, 0) is 0 Å². The van der Waals surface area contributed by atoms with Crippen LogP contribution < -0.4 is 5.32 Å². The van der Waals surface area contributed by atoms with Crippen molar-refractivity contribution in [3.8, 4) is 0 Å². The summed E-state index contributed by atoms with van der Waals surface area (Å²) in [6.45, 7) is 2.38. The molecule has 0 aromatic rings. The maximum Gasteiger partial charge on any atom is 0.00727 e. The molecule has 0 aliphatic carbocycles. The normalized spacial score (nSPS) is 49.7. The summed E-state index contributed by atoms with van der Waals surface area (Å²) in [5.41, 5.74) is 0. The van der Waals surface area contributed by atoms with Crippen LogP contribution in [0.1, 0.15) is 32.6 Å². The molecular weight excluding hydrogens is 110 g/mol. The summed E-state index contributed by atoms with van der Waals surface area (Å²) in [6.07, 6.45) is 5.73. The molecule has 2 bridgehead atoms. The van der Waals surface area contributed by atoms with E-state index < -0.39 is 0 Å². The average molecular weight is 125 g/mol. The number of hydrogen-bond acceptors (Lipinski definition) is 1. The Balaban J connectivity index is 2.03. The highest BCUT2D eigenvalue weighted by Crippen LogP contribution is 2.29. The fraction of sp³-hybridized carbons (Fsp3) is 1.00. The lowest BCUT2D eigenvalue weighted by Gasteiger charge is -2.25. The van der Waals surface area contributed by atoms with E-state index in [2.05, 4.69) is 12.2 Å². The molecular formula is C8H15N. The summed E-state index contributed by atoms with van der Waals surface area (Å²) in [5.74, 6) is 0.990. The van der Waals surface area contributed by atoms with Crippen molar-refractivity contribution in [2.75, 3.05) is 0 Å². The van der Waals surface area contributed by atoms with Crippen molar-refractivity contribution in [2.45, 2.75) is 44.7 Å². The highest BCUT2D eigenvalue weighted by atomic mass is 15.0. The second-order valence-corrected chi connectivity index (χ2v) is 3.71. The minimum absolute atomic E-state index is 0.888. The molecule has 1 heteroatoms. The Morgan fingerprint density at radius 2 is 1.67 bits per heavy atom. The van der Waals surface area contributed by atoms with Gasteiger partial charge in [-0.2, -0.15) is 0 Å². The van der Waals surface area contributed by atoms with Crippen LogP contribution in [0.15, 0.2) is 0 Å². The third-order valence-corrected chi connectivity index (χ3v) is 2.71. The van der Waals surface area contributed by atoms with E-state index in [1.807, 2.05) is 0 Å². The molecule has 0 aromatic heterocycles. The van der Waals surface area contributed by atoms with Gasteiger partial charge in [0.2, 0.25) is 0 Å². The number of nitrogens with one attached hydrogen (secondary N) is 1. The van der Waals surface area contributed by atoms with Gasteiger partial charge in [0.25, 0.3) is 0 Å². The Morgan fingerprint density at radius 3 is 2.22 bits per heavy atom. The first-order chi connectivity index (χ1) is 4.34. The number of piperidine rings is 1. The molecule has 0 radical (unpaired) electrons. The van der Waals surface area contributed by atoms with Crippen molar-refractivity contribution in [3.05, 3.63) is 0 Å². The topological polar surface area (TPSA) is 12.0 Å². The maximum atomic E-state index is 3.62. The van der Waals surface area contributed by atoms with Crippen molar-refractivity contribution in [2.24, 2.45) is 5.92 Å². The zero-order chi connectivity index (χ0) is 6.27. The standard InChI is InChI=1S/C8H15N/c1-6-4-7-2-3-8(5-6)9-7/h6-9H,2-5H2,1H3/t6-,7-,8?/m1/s1. The minimum Gasteiger partial charge on any atom is -0.311 e. The van der Waals surface area contributed by atoms with Crippen molar-refractivity contribution in [3.63, 3.8) is 0 Å². The van der Waals surface area contributed by atoms with Crippen LogP contribution in [-0.4, -0.2) is 12.1 Å². The second kappa shape index (κ2) is 1.98. The van der Waals surface area contributed by atoms with Gasteiger partial charge in [-0.3, -0.25) is 0 Å². The van der Waals surface area contributed by atoms with Gasteiger partial charge in [0.1, 0.15) is 0 Å². The Labute approximate surface area is 56.8 Å². The molecule has 1 unspecified atom stereocenters. The predicted molar refractivity (Wildman–Crippen MR) is 38.3 cm³/mol. The minimum atomic E-state index is 0.888. The Morgan fingerprint density at radius 1 is 1.11 bits per heavy atom. The van der Waals surface area contributed by atoms with E-state index in [0.717, 1.165) is 18.0 Å². The molecule has 0 aromatic carbocycles. The van der Waals surface area contributed by atoms with Crippen molar-refractivity contribution < 1.29 is 0 Å². The van der Waals surface area contributed by atoms with Gasteiger partial charge in [-0.15, -0.1) is 0 Å². The molecule has 0 amide bonds.